The Morgan fingerprint density at radius 1 is 1.07 bits per heavy atom. The van der Waals surface area contributed by atoms with Crippen molar-refractivity contribution < 1.29 is 13.9 Å². The molecule has 1 saturated carbocycles. The fraction of sp³-hybridized carbons (Fsp3) is 0.273. The van der Waals surface area contributed by atoms with E-state index in [1.165, 1.54) is 0 Å². The van der Waals surface area contributed by atoms with Crippen molar-refractivity contribution in [3.05, 3.63) is 64.5 Å². The van der Waals surface area contributed by atoms with Crippen molar-refractivity contribution in [2.24, 2.45) is 0 Å². The predicted octanol–water partition coefficient (Wildman–Crippen LogP) is 4.41. The first-order valence-corrected chi connectivity index (χ1v) is 9.43. The number of nitrogens with one attached hydrogen (secondary N) is 2. The average molecular weight is 378 g/mol. The molecule has 1 fully saturated rings. The molecular formula is C22H22N2O4. The molecule has 28 heavy (non-hydrogen) atoms. The molecule has 0 aliphatic heterocycles. The predicted molar refractivity (Wildman–Crippen MR) is 109 cm³/mol. The number of hydrogen-bond acceptors (Lipinski definition) is 5. The van der Waals surface area contributed by atoms with Crippen molar-refractivity contribution in [1.29, 1.82) is 0 Å². The summed E-state index contributed by atoms with van der Waals surface area (Å²) < 4.78 is 10.6. The summed E-state index contributed by atoms with van der Waals surface area (Å²) in [7, 11) is 1.54. The molecule has 0 bridgehead atoms. The smallest absolute Gasteiger partial charge is 0.362 e. The summed E-state index contributed by atoms with van der Waals surface area (Å²) in [6.07, 6.45) is 4.39. The van der Waals surface area contributed by atoms with Crippen molar-refractivity contribution >= 4 is 28.3 Å². The van der Waals surface area contributed by atoms with Gasteiger partial charge in [-0.3, -0.25) is 4.79 Å². The van der Waals surface area contributed by atoms with Crippen molar-refractivity contribution in [3.8, 4) is 5.75 Å². The van der Waals surface area contributed by atoms with E-state index in [0.717, 1.165) is 31.1 Å². The van der Waals surface area contributed by atoms with E-state index in [4.69, 9.17) is 9.15 Å². The molecule has 1 amide bonds. The zero-order chi connectivity index (χ0) is 19.5. The number of rotatable bonds is 5. The molecule has 1 aliphatic carbocycles. The largest absolute Gasteiger partial charge is 0.497 e. The number of fused-ring (bicyclic) bond motifs is 1. The number of ether oxygens (including phenoxy) is 1. The number of amides is 1. The summed E-state index contributed by atoms with van der Waals surface area (Å²) in [5.41, 5.74) is 1.08. The first kappa shape index (κ1) is 18.1. The minimum atomic E-state index is -0.574. The van der Waals surface area contributed by atoms with Gasteiger partial charge in [-0.25, -0.2) is 4.79 Å². The number of carbonyl (C=O) groups excluding carboxylic acids is 1. The van der Waals surface area contributed by atoms with Crippen LogP contribution in [0.5, 0.6) is 5.75 Å². The molecule has 2 aromatic carbocycles. The highest BCUT2D eigenvalue weighted by molar-refractivity contribution is 6.08. The van der Waals surface area contributed by atoms with Gasteiger partial charge in [0.25, 0.3) is 5.91 Å². The maximum atomic E-state index is 12.8. The van der Waals surface area contributed by atoms with Gasteiger partial charge in [-0.1, -0.05) is 31.0 Å². The van der Waals surface area contributed by atoms with Crippen molar-refractivity contribution in [2.45, 2.75) is 31.7 Å². The Morgan fingerprint density at radius 3 is 2.64 bits per heavy atom. The van der Waals surface area contributed by atoms with Crippen molar-refractivity contribution in [2.75, 3.05) is 17.7 Å². The van der Waals surface area contributed by atoms with Gasteiger partial charge in [0.15, 0.2) is 5.69 Å². The summed E-state index contributed by atoms with van der Waals surface area (Å²) in [5.74, 6) is 0.179. The third kappa shape index (κ3) is 3.58. The van der Waals surface area contributed by atoms with E-state index >= 15 is 0 Å². The summed E-state index contributed by atoms with van der Waals surface area (Å²) in [4.78, 5) is 25.5. The standard InChI is InChI=1S/C22H22N2O4/c1-27-16-10-6-7-14(13-16)21(25)24-20-19(23-15-8-2-3-9-15)17-11-4-5-12-18(17)28-22(20)26/h4-7,10-13,15,23H,2-3,8-9H2,1H3,(H,24,25). The number of carbonyl (C=O) groups is 1. The average Bonchev–Trinajstić information content (AvgIpc) is 3.23. The third-order valence-corrected chi connectivity index (χ3v) is 5.09. The van der Waals surface area contributed by atoms with Crippen LogP contribution in [-0.4, -0.2) is 19.1 Å². The van der Waals surface area contributed by atoms with Gasteiger partial charge in [-0.2, -0.15) is 0 Å². The first-order valence-electron chi connectivity index (χ1n) is 9.43. The Kier molecular flexibility index (Phi) is 5.02. The summed E-state index contributed by atoms with van der Waals surface area (Å²) >= 11 is 0. The number of benzene rings is 2. The zero-order valence-corrected chi connectivity index (χ0v) is 15.7. The van der Waals surface area contributed by atoms with Crippen LogP contribution in [0.2, 0.25) is 0 Å². The van der Waals surface area contributed by atoms with Crippen molar-refractivity contribution in [3.63, 3.8) is 0 Å². The Hall–Kier alpha value is -3.28. The minimum absolute atomic E-state index is 0.137. The molecule has 6 heteroatoms. The van der Waals surface area contributed by atoms with Crippen LogP contribution in [0.3, 0.4) is 0 Å². The van der Waals surface area contributed by atoms with E-state index in [1.54, 1.807) is 37.4 Å². The number of hydrogen-bond donors (Lipinski definition) is 2. The lowest BCUT2D eigenvalue weighted by Gasteiger charge is -2.18. The monoisotopic (exact) mass is 378 g/mol. The van der Waals surface area contributed by atoms with Crippen LogP contribution in [0.15, 0.2) is 57.7 Å². The van der Waals surface area contributed by atoms with Crippen LogP contribution < -0.4 is 21.0 Å². The second-order valence-corrected chi connectivity index (χ2v) is 6.95. The molecule has 0 unspecified atom stereocenters. The van der Waals surface area contributed by atoms with E-state index in [1.807, 2.05) is 18.2 Å². The third-order valence-electron chi connectivity index (χ3n) is 5.09. The fourth-order valence-electron chi connectivity index (χ4n) is 3.64. The second-order valence-electron chi connectivity index (χ2n) is 6.95. The highest BCUT2D eigenvalue weighted by Gasteiger charge is 2.22. The number of methoxy groups -OCH3 is 1. The van der Waals surface area contributed by atoms with Gasteiger partial charge in [0.2, 0.25) is 0 Å². The lowest BCUT2D eigenvalue weighted by Crippen LogP contribution is -2.23. The van der Waals surface area contributed by atoms with Crippen LogP contribution in [-0.2, 0) is 0 Å². The van der Waals surface area contributed by atoms with E-state index in [0.29, 0.717) is 22.6 Å². The summed E-state index contributed by atoms with van der Waals surface area (Å²) in [5, 5.41) is 7.00. The lowest BCUT2D eigenvalue weighted by atomic mass is 10.1. The van der Waals surface area contributed by atoms with Gasteiger partial charge >= 0.3 is 5.63 Å². The molecule has 0 radical (unpaired) electrons. The summed E-state index contributed by atoms with van der Waals surface area (Å²) in [6, 6.07) is 14.4. The van der Waals surface area contributed by atoms with Gasteiger partial charge in [0, 0.05) is 17.0 Å². The Morgan fingerprint density at radius 2 is 1.86 bits per heavy atom. The molecular weight excluding hydrogens is 356 g/mol. The van der Waals surface area contributed by atoms with Crippen LogP contribution in [0.25, 0.3) is 11.0 Å². The fourth-order valence-corrected chi connectivity index (χ4v) is 3.64. The van der Waals surface area contributed by atoms with E-state index in [9.17, 15) is 9.59 Å². The van der Waals surface area contributed by atoms with Gasteiger partial charge in [-0.05, 0) is 43.2 Å². The van der Waals surface area contributed by atoms with Crippen LogP contribution in [0.1, 0.15) is 36.0 Å². The molecule has 0 spiro atoms. The van der Waals surface area contributed by atoms with E-state index in [2.05, 4.69) is 10.6 Å². The topological polar surface area (TPSA) is 80.6 Å². The molecule has 144 valence electrons. The highest BCUT2D eigenvalue weighted by atomic mass is 16.5. The molecule has 0 saturated heterocycles. The SMILES string of the molecule is COc1cccc(C(=O)Nc2c(NC3CCCC3)c3ccccc3oc2=O)c1. The van der Waals surface area contributed by atoms with Gasteiger partial charge in [0.1, 0.15) is 11.3 Å². The second kappa shape index (κ2) is 7.76. The van der Waals surface area contributed by atoms with E-state index < -0.39 is 11.5 Å². The van der Waals surface area contributed by atoms with Crippen LogP contribution in [0.4, 0.5) is 11.4 Å². The van der Waals surface area contributed by atoms with Crippen molar-refractivity contribution in [1.82, 2.24) is 0 Å². The molecule has 1 aromatic heterocycles. The van der Waals surface area contributed by atoms with Gasteiger partial charge in [0.05, 0.1) is 12.8 Å². The first-order chi connectivity index (χ1) is 13.7. The molecule has 3 aromatic rings. The molecule has 2 N–H and O–H groups in total. The minimum Gasteiger partial charge on any atom is -0.497 e. The quantitative estimate of drug-likeness (QED) is 0.643. The Labute approximate surface area is 162 Å². The number of para-hydroxylation sites is 1. The maximum Gasteiger partial charge on any atom is 0.362 e. The van der Waals surface area contributed by atoms with E-state index in [-0.39, 0.29) is 11.7 Å². The maximum absolute atomic E-state index is 12.8. The lowest BCUT2D eigenvalue weighted by molar-refractivity contribution is 0.102. The molecule has 1 heterocycles. The molecule has 1 aliphatic rings. The summed E-state index contributed by atoms with van der Waals surface area (Å²) in [6.45, 7) is 0. The Bertz CT molecular complexity index is 1070. The molecule has 4 rings (SSSR count). The zero-order valence-electron chi connectivity index (χ0n) is 15.7. The Balaban J connectivity index is 1.75. The van der Waals surface area contributed by atoms with Gasteiger partial charge in [-0.15, -0.1) is 0 Å². The molecule has 0 atom stereocenters. The van der Waals surface area contributed by atoms with Gasteiger partial charge < -0.3 is 19.8 Å². The number of anilines is 2. The normalized spacial score (nSPS) is 14.2. The van der Waals surface area contributed by atoms with Crippen LogP contribution in [0, 0.1) is 0 Å². The highest BCUT2D eigenvalue weighted by Crippen LogP contribution is 2.32. The molecule has 6 nitrogen and oxygen atoms in total. The van der Waals surface area contributed by atoms with Crippen LogP contribution >= 0.6 is 0 Å².